The second-order valence-electron chi connectivity index (χ2n) is 10.0. The highest BCUT2D eigenvalue weighted by Crippen LogP contribution is 2.36. The molecule has 0 radical (unpaired) electrons. The molecule has 220 valence electrons. The molecule has 1 fully saturated rings. The zero-order valence-corrected chi connectivity index (χ0v) is 24.0. The van der Waals surface area contributed by atoms with Crippen molar-refractivity contribution < 1.29 is 24.5 Å². The Morgan fingerprint density at radius 2 is 1.86 bits per heavy atom. The summed E-state index contributed by atoms with van der Waals surface area (Å²) in [6.07, 6.45) is -0.169. The van der Waals surface area contributed by atoms with Gasteiger partial charge in [-0.15, -0.1) is 0 Å². The van der Waals surface area contributed by atoms with Crippen LogP contribution in [0.25, 0.3) is 0 Å². The Bertz CT molecular complexity index is 1500. The third-order valence-corrected chi connectivity index (χ3v) is 7.34. The van der Waals surface area contributed by atoms with Gasteiger partial charge in [-0.25, -0.2) is 10.9 Å². The molecule has 2 amide bonds. The van der Waals surface area contributed by atoms with Crippen LogP contribution in [0.5, 0.6) is 17.2 Å². The normalized spacial score (nSPS) is 19.3. The predicted molar refractivity (Wildman–Crippen MR) is 161 cm³/mol. The van der Waals surface area contributed by atoms with Crippen LogP contribution in [0, 0.1) is 0 Å². The van der Waals surface area contributed by atoms with Gasteiger partial charge in [0, 0.05) is 28.4 Å². The smallest absolute Gasteiger partial charge is 0.227 e. The highest BCUT2D eigenvalue weighted by molar-refractivity contribution is 6.30. The van der Waals surface area contributed by atoms with Gasteiger partial charge >= 0.3 is 0 Å². The minimum atomic E-state index is -0.408. The number of halogens is 1. The van der Waals surface area contributed by atoms with Gasteiger partial charge in [-0.1, -0.05) is 29.8 Å². The lowest BCUT2D eigenvalue weighted by molar-refractivity contribution is -0.121. The van der Waals surface area contributed by atoms with Gasteiger partial charge in [-0.05, 0) is 56.3 Å². The van der Waals surface area contributed by atoms with Crippen molar-refractivity contribution in [2.75, 3.05) is 23.4 Å². The number of ether oxygens (including phenoxy) is 1. The number of fused-ring (bicyclic) bond motifs is 3. The molecule has 2 heterocycles. The molecule has 0 bridgehead atoms. The number of carbonyl (C=O) groups excluding carboxylic acids is 2. The Morgan fingerprint density at radius 1 is 1.07 bits per heavy atom. The minimum absolute atomic E-state index is 0.0119. The number of nitrogens with zero attached hydrogens (tertiary/aromatic N) is 2. The largest absolute Gasteiger partial charge is 0.504 e. The van der Waals surface area contributed by atoms with Crippen LogP contribution in [0.2, 0.25) is 5.02 Å². The van der Waals surface area contributed by atoms with E-state index >= 15 is 0 Å². The van der Waals surface area contributed by atoms with E-state index in [9.17, 15) is 19.8 Å². The van der Waals surface area contributed by atoms with Crippen LogP contribution in [-0.4, -0.2) is 59.3 Å². The summed E-state index contributed by atoms with van der Waals surface area (Å²) >= 11 is 6.19. The first kappa shape index (κ1) is 29.2. The Balaban J connectivity index is 1.42. The van der Waals surface area contributed by atoms with Gasteiger partial charge in [0.2, 0.25) is 11.8 Å². The van der Waals surface area contributed by atoms with Crippen LogP contribution >= 0.6 is 11.6 Å². The fraction of sp³-hybridized carbons (Fsp3) is 0.300. The molecule has 0 saturated carbocycles. The molecule has 3 unspecified atom stereocenters. The maximum absolute atomic E-state index is 12.7. The van der Waals surface area contributed by atoms with Crippen LogP contribution in [0.4, 0.5) is 11.4 Å². The highest BCUT2D eigenvalue weighted by atomic mass is 35.5. The molecule has 0 spiro atoms. The molecule has 5 rings (SSSR count). The third kappa shape index (κ3) is 6.28. The van der Waals surface area contributed by atoms with Gasteiger partial charge < -0.3 is 30.5 Å². The number of para-hydroxylation sites is 1. The van der Waals surface area contributed by atoms with E-state index in [2.05, 4.69) is 26.4 Å². The topological polar surface area (TPSA) is 148 Å². The molecular formula is C30H33ClN6O5. The van der Waals surface area contributed by atoms with Gasteiger partial charge in [0.15, 0.2) is 11.5 Å². The Morgan fingerprint density at radius 3 is 2.62 bits per heavy atom. The first-order chi connectivity index (χ1) is 20.2. The second-order valence-corrected chi connectivity index (χ2v) is 10.5. The van der Waals surface area contributed by atoms with Crippen molar-refractivity contribution in [3.8, 4) is 17.2 Å². The number of benzene rings is 3. The number of carbonyl (C=O) groups is 2. The van der Waals surface area contributed by atoms with Gasteiger partial charge in [0.1, 0.15) is 11.9 Å². The number of aliphatic imine (C=N–C) groups is 1. The van der Waals surface area contributed by atoms with Crippen molar-refractivity contribution in [2.45, 2.75) is 45.1 Å². The maximum Gasteiger partial charge on any atom is 0.227 e. The number of phenols is 2. The fourth-order valence-electron chi connectivity index (χ4n) is 5.11. The minimum Gasteiger partial charge on any atom is -0.504 e. The van der Waals surface area contributed by atoms with Crippen molar-refractivity contribution in [1.29, 1.82) is 0 Å². The SMILES string of the molecule is CCNC(=O)CC1N=C(c2ccc(Cl)cc2)c2cc(OCCC(=O)Nc3cccc(O)c3O)ccc2N2C(C)NNC12. The molecule has 12 heteroatoms. The van der Waals surface area contributed by atoms with Gasteiger partial charge in [-0.2, -0.15) is 0 Å². The molecule has 3 atom stereocenters. The number of nitrogens with one attached hydrogen (secondary N) is 4. The van der Waals surface area contributed by atoms with Crippen molar-refractivity contribution in [2.24, 2.45) is 4.99 Å². The predicted octanol–water partition coefficient (Wildman–Crippen LogP) is 3.49. The summed E-state index contributed by atoms with van der Waals surface area (Å²) in [6.45, 7) is 4.52. The number of hydrogen-bond acceptors (Lipinski definition) is 9. The van der Waals surface area contributed by atoms with Crippen LogP contribution in [-0.2, 0) is 9.59 Å². The molecular weight excluding hydrogens is 560 g/mol. The summed E-state index contributed by atoms with van der Waals surface area (Å²) < 4.78 is 5.98. The van der Waals surface area contributed by atoms with Crippen LogP contribution in [0.15, 0.2) is 65.7 Å². The summed E-state index contributed by atoms with van der Waals surface area (Å²) in [4.78, 5) is 32.5. The molecule has 1 saturated heterocycles. The Hall–Kier alpha value is -4.32. The third-order valence-electron chi connectivity index (χ3n) is 7.09. The Kier molecular flexibility index (Phi) is 8.81. The number of aromatic hydroxyl groups is 2. The van der Waals surface area contributed by atoms with E-state index in [0.717, 1.165) is 16.8 Å². The van der Waals surface area contributed by atoms with Crippen molar-refractivity contribution in [1.82, 2.24) is 16.2 Å². The van der Waals surface area contributed by atoms with Crippen molar-refractivity contribution in [3.63, 3.8) is 0 Å². The summed E-state index contributed by atoms with van der Waals surface area (Å²) in [5, 5.41) is 25.7. The number of hydrazine groups is 1. The summed E-state index contributed by atoms with van der Waals surface area (Å²) in [6, 6.07) is 17.0. The molecule has 42 heavy (non-hydrogen) atoms. The van der Waals surface area contributed by atoms with Crippen molar-refractivity contribution >= 4 is 40.5 Å². The van der Waals surface area contributed by atoms with Gasteiger partial charge in [0.25, 0.3) is 0 Å². The maximum atomic E-state index is 12.7. The second kappa shape index (κ2) is 12.7. The summed E-state index contributed by atoms with van der Waals surface area (Å²) in [5.74, 6) is -0.644. The summed E-state index contributed by atoms with van der Waals surface area (Å²) in [7, 11) is 0. The average molecular weight is 593 g/mol. The average Bonchev–Trinajstić information content (AvgIpc) is 3.29. The van der Waals surface area contributed by atoms with E-state index in [0.29, 0.717) is 23.0 Å². The van der Waals surface area contributed by atoms with Crippen LogP contribution < -0.4 is 31.1 Å². The number of rotatable bonds is 9. The number of hydrogen-bond donors (Lipinski definition) is 6. The lowest BCUT2D eigenvalue weighted by Crippen LogP contribution is -2.47. The fourth-order valence-corrected chi connectivity index (χ4v) is 5.24. The number of phenolic OH excluding ortho intramolecular Hbond substituents is 2. The molecule has 6 N–H and O–H groups in total. The molecule has 2 aliphatic rings. The van der Waals surface area contributed by atoms with Crippen LogP contribution in [0.3, 0.4) is 0 Å². The lowest BCUT2D eigenvalue weighted by Gasteiger charge is -2.31. The lowest BCUT2D eigenvalue weighted by atomic mass is 9.99. The molecule has 3 aromatic carbocycles. The summed E-state index contributed by atoms with van der Waals surface area (Å²) in [5.41, 5.74) is 9.95. The molecule has 11 nitrogen and oxygen atoms in total. The molecule has 0 aromatic heterocycles. The first-order valence-corrected chi connectivity index (χ1v) is 14.1. The number of anilines is 2. The van der Waals surface area contributed by atoms with E-state index in [4.69, 9.17) is 21.3 Å². The molecule has 0 aliphatic carbocycles. The molecule has 3 aromatic rings. The monoisotopic (exact) mass is 592 g/mol. The zero-order chi connectivity index (χ0) is 29.8. The first-order valence-electron chi connectivity index (χ1n) is 13.7. The van der Waals surface area contributed by atoms with E-state index in [1.54, 1.807) is 12.1 Å². The molecule has 2 aliphatic heterocycles. The zero-order valence-electron chi connectivity index (χ0n) is 23.2. The highest BCUT2D eigenvalue weighted by Gasteiger charge is 2.40. The van der Waals surface area contributed by atoms with E-state index in [1.807, 2.05) is 44.2 Å². The van der Waals surface area contributed by atoms with Crippen LogP contribution in [0.1, 0.15) is 37.8 Å². The van der Waals surface area contributed by atoms with E-state index in [1.165, 1.54) is 18.2 Å². The van der Waals surface area contributed by atoms with E-state index < -0.39 is 11.8 Å². The van der Waals surface area contributed by atoms with Crippen molar-refractivity contribution in [3.05, 3.63) is 76.8 Å². The van der Waals surface area contributed by atoms with Gasteiger partial charge in [0.05, 0.1) is 43.1 Å². The van der Waals surface area contributed by atoms with Gasteiger partial charge in [-0.3, -0.25) is 14.6 Å². The quantitative estimate of drug-likeness (QED) is 0.207. The Labute approximate surface area is 248 Å². The standard InChI is InChI=1S/C30H33ClN6O5/c1-3-32-27(40)16-23-30-36-35-17(2)37(30)24-12-11-20(15-21(24)28(34-23)18-7-9-19(31)10-8-18)42-14-13-26(39)33-22-5-4-6-25(38)29(22)41/h4-12,15,17,23,30,35-36,38,41H,3,13-14,16H2,1-2H3,(H,32,40)(H,33,39). The van der Waals surface area contributed by atoms with E-state index in [-0.39, 0.29) is 55.0 Å². The number of amides is 2.